The molecular weight excluding hydrogens is 680 g/mol. The van der Waals surface area contributed by atoms with E-state index >= 15 is 0 Å². The Balaban J connectivity index is 2.11. The molecule has 0 aromatic heterocycles. The van der Waals surface area contributed by atoms with Crippen LogP contribution in [0.4, 0.5) is 0 Å². The van der Waals surface area contributed by atoms with Crippen LogP contribution in [0.15, 0.2) is 54.1 Å². The maximum atomic E-state index is 14.2. The topological polar surface area (TPSA) is 194 Å². The molecule has 1 aliphatic rings. The maximum Gasteiger partial charge on any atom is 0.326 e. The molecule has 6 amide bonds. The summed E-state index contributed by atoms with van der Waals surface area (Å²) in [6.45, 7) is 15.1. The second kappa shape index (κ2) is 19.3. The molecule has 0 spiro atoms. The summed E-state index contributed by atoms with van der Waals surface area (Å²) < 4.78 is 0. The van der Waals surface area contributed by atoms with E-state index in [2.05, 4.69) is 21.3 Å². The van der Waals surface area contributed by atoms with Gasteiger partial charge in [-0.1, -0.05) is 84.9 Å². The number of hydrogen-bond donors (Lipinski definition) is 5. The Kier molecular flexibility index (Phi) is 16.1. The van der Waals surface area contributed by atoms with E-state index < -0.39 is 64.6 Å². The molecule has 5 N–H and O–H groups in total. The predicted octanol–water partition coefficient (Wildman–Crippen LogP) is 2.29. The third-order valence-corrected chi connectivity index (χ3v) is 9.49. The summed E-state index contributed by atoms with van der Waals surface area (Å²) in [6.07, 6.45) is 3.92. The van der Waals surface area contributed by atoms with Gasteiger partial charge in [-0.15, -0.1) is 0 Å². The lowest BCUT2D eigenvalue weighted by Crippen LogP contribution is -2.61. The summed E-state index contributed by atoms with van der Waals surface area (Å²) in [4.78, 5) is 91.5. The number of imide groups is 1. The van der Waals surface area contributed by atoms with Crippen LogP contribution >= 0.6 is 0 Å². The minimum atomic E-state index is -1.36. The van der Waals surface area contributed by atoms with Gasteiger partial charge in [0.1, 0.15) is 12.1 Å². The van der Waals surface area contributed by atoms with Crippen LogP contribution in [0, 0.1) is 11.3 Å². The number of benzene rings is 1. The van der Waals surface area contributed by atoms with E-state index in [1.165, 1.54) is 24.0 Å². The molecule has 1 aliphatic heterocycles. The lowest BCUT2D eigenvalue weighted by Gasteiger charge is -2.40. The van der Waals surface area contributed by atoms with Crippen LogP contribution < -0.4 is 21.3 Å². The first kappa shape index (κ1) is 44.3. The smallest absolute Gasteiger partial charge is 0.326 e. The Morgan fingerprint density at radius 3 is 2.02 bits per heavy atom. The van der Waals surface area contributed by atoms with E-state index in [0.717, 1.165) is 10.5 Å². The Bertz CT molecular complexity index is 1540. The van der Waals surface area contributed by atoms with Gasteiger partial charge in [-0.3, -0.25) is 33.7 Å². The lowest BCUT2D eigenvalue weighted by molar-refractivity contribution is -0.141. The first-order valence-corrected chi connectivity index (χ1v) is 18.0. The first-order valence-electron chi connectivity index (χ1n) is 18.0. The summed E-state index contributed by atoms with van der Waals surface area (Å²) in [6, 6.07) is 6.11. The van der Waals surface area contributed by atoms with Gasteiger partial charge in [-0.25, -0.2) is 4.79 Å². The van der Waals surface area contributed by atoms with Gasteiger partial charge in [0.15, 0.2) is 0 Å². The van der Waals surface area contributed by atoms with Crippen molar-refractivity contribution >= 4 is 41.4 Å². The fourth-order valence-corrected chi connectivity index (χ4v) is 6.17. The van der Waals surface area contributed by atoms with Crippen LogP contribution in [0.25, 0.3) is 0 Å². The van der Waals surface area contributed by atoms with Crippen molar-refractivity contribution in [3.8, 4) is 0 Å². The van der Waals surface area contributed by atoms with Crippen LogP contribution in [0.1, 0.15) is 80.2 Å². The second-order valence-corrected chi connectivity index (χ2v) is 15.4. The first-order chi connectivity index (χ1) is 24.6. The number of nitrogens with zero attached hydrogens (tertiary/aromatic N) is 2. The molecule has 2 rings (SSSR count). The van der Waals surface area contributed by atoms with E-state index in [4.69, 9.17) is 0 Å². The largest absolute Gasteiger partial charge is 0.480 e. The predicted molar refractivity (Wildman–Crippen MR) is 201 cm³/mol. The average Bonchev–Trinajstić information content (AvgIpc) is 3.41. The maximum absolute atomic E-state index is 14.2. The highest BCUT2D eigenvalue weighted by atomic mass is 16.4. The van der Waals surface area contributed by atoms with Crippen molar-refractivity contribution in [1.29, 1.82) is 0 Å². The molecule has 14 heteroatoms. The third-order valence-electron chi connectivity index (χ3n) is 9.49. The molecule has 0 radical (unpaired) electrons. The molecule has 0 saturated carbocycles. The van der Waals surface area contributed by atoms with Gasteiger partial charge in [0, 0.05) is 49.7 Å². The van der Waals surface area contributed by atoms with Crippen LogP contribution in [0.5, 0.6) is 0 Å². The molecule has 53 heavy (non-hydrogen) atoms. The van der Waals surface area contributed by atoms with Gasteiger partial charge < -0.3 is 31.3 Å². The van der Waals surface area contributed by atoms with Gasteiger partial charge in [0.05, 0.1) is 12.1 Å². The van der Waals surface area contributed by atoms with Crippen molar-refractivity contribution in [3.05, 3.63) is 59.7 Å². The van der Waals surface area contributed by atoms with E-state index in [9.17, 15) is 38.7 Å². The van der Waals surface area contributed by atoms with E-state index in [-0.39, 0.29) is 49.2 Å². The molecule has 292 valence electrons. The minimum absolute atomic E-state index is 0.137. The summed E-state index contributed by atoms with van der Waals surface area (Å²) in [7, 11) is 3.32. The zero-order valence-electron chi connectivity index (χ0n) is 32.7. The molecular formula is C39H58N6O8. The number of likely N-dealkylation sites (N-methyl/N-ethyl adjacent to an activating group) is 2. The molecule has 0 bridgehead atoms. The molecule has 0 saturated heterocycles. The molecule has 1 aromatic rings. The minimum Gasteiger partial charge on any atom is -0.480 e. The van der Waals surface area contributed by atoms with Gasteiger partial charge in [0.25, 0.3) is 11.8 Å². The van der Waals surface area contributed by atoms with Gasteiger partial charge in [-0.2, -0.15) is 0 Å². The van der Waals surface area contributed by atoms with Crippen molar-refractivity contribution in [3.63, 3.8) is 0 Å². The molecule has 14 nitrogen and oxygen atoms in total. The third kappa shape index (κ3) is 12.4. The Labute approximate surface area is 313 Å². The SMILES string of the molecule is CN[C@H](C(=O)NC(C(=O)N(C)[C@H](/C=C(\C)C(=O)N[C@H](CCC(=O)NCCCN1C(=O)C=CC1=O)C(=O)O)C(C)C)C(C)(C)C)C(C)(C)c1ccccc1. The van der Waals surface area contributed by atoms with Crippen molar-refractivity contribution in [1.82, 2.24) is 31.1 Å². The fourth-order valence-electron chi connectivity index (χ4n) is 6.17. The number of carboxylic acid groups (broad SMARTS) is 1. The van der Waals surface area contributed by atoms with E-state index in [1.807, 2.05) is 78.8 Å². The lowest BCUT2D eigenvalue weighted by atomic mass is 9.76. The Hall–Kier alpha value is -4.85. The Morgan fingerprint density at radius 1 is 0.925 bits per heavy atom. The number of amides is 6. The highest BCUT2D eigenvalue weighted by Crippen LogP contribution is 2.29. The standard InChI is InChI=1S/C39H58N6O8/c1-24(2)28(44(10)36(51)33(38(4,5)6)43-35(50)32(40-9)39(7,8)26-15-12-11-13-16-26)23-25(3)34(49)42-27(37(52)53)17-18-29(46)41-21-14-22-45-30(47)19-20-31(45)48/h11-13,15-16,19-20,23-24,27-28,32-33,40H,14,17-18,21-22H2,1-10H3,(H,41,46)(H,42,49)(H,43,50)(H,52,53)/b25-23+/t27-,28-,32-,33?/m1/s1. The molecule has 0 aliphatic carbocycles. The molecule has 1 unspecified atom stereocenters. The number of carbonyl (C=O) groups is 7. The van der Waals surface area contributed by atoms with Crippen molar-refractivity contribution in [2.75, 3.05) is 27.2 Å². The number of nitrogens with one attached hydrogen (secondary N) is 4. The number of aliphatic carboxylic acids is 1. The van der Waals surface area contributed by atoms with Crippen LogP contribution in [-0.2, 0) is 39.0 Å². The van der Waals surface area contributed by atoms with E-state index in [0.29, 0.717) is 6.42 Å². The monoisotopic (exact) mass is 738 g/mol. The number of hydrogen-bond acceptors (Lipinski definition) is 8. The summed E-state index contributed by atoms with van der Waals surface area (Å²) in [5, 5.41) is 21.0. The number of carboxylic acids is 1. The van der Waals surface area contributed by atoms with Gasteiger partial charge in [0.2, 0.25) is 23.6 Å². The van der Waals surface area contributed by atoms with Crippen molar-refractivity contribution < 1.29 is 38.7 Å². The number of rotatable bonds is 19. The van der Waals surface area contributed by atoms with Crippen molar-refractivity contribution in [2.24, 2.45) is 11.3 Å². The normalized spacial score (nSPS) is 15.8. The van der Waals surface area contributed by atoms with Gasteiger partial charge >= 0.3 is 5.97 Å². The quantitative estimate of drug-likeness (QED) is 0.0805. The highest BCUT2D eigenvalue weighted by molar-refractivity contribution is 6.12. The summed E-state index contributed by atoms with van der Waals surface area (Å²) in [5.41, 5.74) is -0.161. The van der Waals surface area contributed by atoms with Crippen LogP contribution in [0.3, 0.4) is 0 Å². The van der Waals surface area contributed by atoms with Crippen molar-refractivity contribution in [2.45, 2.75) is 104 Å². The van der Waals surface area contributed by atoms with Crippen LogP contribution in [0.2, 0.25) is 0 Å². The molecule has 1 heterocycles. The Morgan fingerprint density at radius 2 is 1.51 bits per heavy atom. The molecule has 0 fully saturated rings. The second-order valence-electron chi connectivity index (χ2n) is 15.4. The average molecular weight is 739 g/mol. The fraction of sp³-hybridized carbons (Fsp3) is 0.564. The van der Waals surface area contributed by atoms with E-state index in [1.54, 1.807) is 20.2 Å². The molecule has 4 atom stereocenters. The zero-order chi connectivity index (χ0) is 40.3. The number of carbonyl (C=O) groups excluding carboxylic acids is 6. The molecule has 1 aromatic carbocycles. The summed E-state index contributed by atoms with van der Waals surface area (Å²) in [5.74, 6) is -4.11. The van der Waals surface area contributed by atoms with Crippen LogP contribution in [-0.4, -0.2) is 108 Å². The zero-order valence-corrected chi connectivity index (χ0v) is 32.7. The summed E-state index contributed by atoms with van der Waals surface area (Å²) >= 11 is 0. The van der Waals surface area contributed by atoms with Gasteiger partial charge in [-0.05, 0) is 43.7 Å². The highest BCUT2D eigenvalue weighted by Gasteiger charge is 2.41.